The number of carbonyl (C=O) groups is 1. The third-order valence-electron chi connectivity index (χ3n) is 3.73. The van der Waals surface area contributed by atoms with Gasteiger partial charge in [0.05, 0.1) is 0 Å². The minimum Gasteiger partial charge on any atom is -0.478 e. The number of carboxylic acid groups (broad SMARTS) is 1. The summed E-state index contributed by atoms with van der Waals surface area (Å²) in [5.41, 5.74) is -0.108. The monoisotopic (exact) mass is 277 g/mol. The van der Waals surface area contributed by atoms with Crippen LogP contribution in [0.25, 0.3) is 0 Å². The summed E-state index contributed by atoms with van der Waals surface area (Å²) in [5.74, 6) is 0.339. The summed E-state index contributed by atoms with van der Waals surface area (Å²) < 4.78 is 5.60. The number of aliphatic carboxylic acids is 1. The van der Waals surface area contributed by atoms with E-state index in [2.05, 4.69) is 17.9 Å². The smallest absolute Gasteiger partial charge is 0.347 e. The Morgan fingerprint density at radius 2 is 2.20 bits per heavy atom. The van der Waals surface area contributed by atoms with Gasteiger partial charge in [-0.3, -0.25) is 0 Å². The fourth-order valence-electron chi connectivity index (χ4n) is 2.51. The summed E-state index contributed by atoms with van der Waals surface area (Å²) in [6, 6.07) is 7.71. The van der Waals surface area contributed by atoms with Gasteiger partial charge in [-0.15, -0.1) is 0 Å². The highest BCUT2D eigenvalue weighted by atomic mass is 16.5. The Morgan fingerprint density at radius 1 is 1.45 bits per heavy atom. The molecule has 1 atom stereocenters. The van der Waals surface area contributed by atoms with Gasteiger partial charge in [0, 0.05) is 24.8 Å². The second-order valence-electron chi connectivity index (χ2n) is 6.11. The van der Waals surface area contributed by atoms with Crippen LogP contribution in [0.1, 0.15) is 33.6 Å². The summed E-state index contributed by atoms with van der Waals surface area (Å²) in [6.45, 7) is 7.48. The van der Waals surface area contributed by atoms with Crippen LogP contribution in [0, 0.1) is 5.92 Å². The molecule has 0 spiro atoms. The molecule has 110 valence electrons. The average Bonchev–Trinajstić information content (AvgIpc) is 2.38. The van der Waals surface area contributed by atoms with Crippen LogP contribution in [-0.2, 0) is 4.79 Å². The van der Waals surface area contributed by atoms with E-state index in [1.54, 1.807) is 13.8 Å². The lowest BCUT2D eigenvalue weighted by atomic mass is 10.00. The maximum atomic E-state index is 11.1. The Kier molecular flexibility index (Phi) is 4.21. The molecular formula is C16H23NO3. The number of rotatable bonds is 4. The highest BCUT2D eigenvalue weighted by Crippen LogP contribution is 2.28. The lowest BCUT2D eigenvalue weighted by molar-refractivity contribution is -0.152. The molecule has 1 unspecified atom stereocenters. The zero-order valence-electron chi connectivity index (χ0n) is 12.4. The van der Waals surface area contributed by atoms with Crippen molar-refractivity contribution in [3.05, 3.63) is 24.3 Å². The minimum atomic E-state index is -1.21. The highest BCUT2D eigenvalue weighted by Gasteiger charge is 2.29. The molecule has 0 radical (unpaired) electrons. The van der Waals surface area contributed by atoms with E-state index in [9.17, 15) is 4.79 Å². The maximum absolute atomic E-state index is 11.1. The van der Waals surface area contributed by atoms with Crippen molar-refractivity contribution in [1.29, 1.82) is 0 Å². The molecule has 1 aliphatic rings. The van der Waals surface area contributed by atoms with Gasteiger partial charge in [-0.2, -0.15) is 0 Å². The van der Waals surface area contributed by atoms with Crippen molar-refractivity contribution in [2.24, 2.45) is 5.92 Å². The van der Waals surface area contributed by atoms with Gasteiger partial charge >= 0.3 is 5.97 Å². The molecule has 1 aliphatic heterocycles. The first kappa shape index (κ1) is 14.7. The summed E-state index contributed by atoms with van der Waals surface area (Å²) in [4.78, 5) is 13.5. The van der Waals surface area contributed by atoms with Gasteiger partial charge in [0.25, 0.3) is 0 Å². The van der Waals surface area contributed by atoms with Crippen molar-refractivity contribution in [1.82, 2.24) is 0 Å². The molecule has 1 aromatic carbocycles. The van der Waals surface area contributed by atoms with Crippen molar-refractivity contribution in [2.75, 3.05) is 18.0 Å². The summed E-state index contributed by atoms with van der Waals surface area (Å²) >= 11 is 0. The molecule has 1 aromatic rings. The second-order valence-corrected chi connectivity index (χ2v) is 6.11. The van der Waals surface area contributed by atoms with Gasteiger partial charge in [-0.25, -0.2) is 4.79 Å². The number of ether oxygens (including phenoxy) is 1. The Bertz CT molecular complexity index is 484. The van der Waals surface area contributed by atoms with Gasteiger partial charge in [0.15, 0.2) is 5.60 Å². The third kappa shape index (κ3) is 3.44. The maximum Gasteiger partial charge on any atom is 0.347 e. The third-order valence-corrected chi connectivity index (χ3v) is 3.73. The van der Waals surface area contributed by atoms with Crippen LogP contribution in [0.5, 0.6) is 5.75 Å². The van der Waals surface area contributed by atoms with E-state index in [4.69, 9.17) is 9.84 Å². The first-order valence-electron chi connectivity index (χ1n) is 7.16. The fraction of sp³-hybridized carbons (Fsp3) is 0.562. The van der Waals surface area contributed by atoms with Crippen molar-refractivity contribution in [3.8, 4) is 5.75 Å². The first-order valence-corrected chi connectivity index (χ1v) is 7.16. The number of benzene rings is 1. The molecule has 0 aromatic heterocycles. The van der Waals surface area contributed by atoms with Crippen molar-refractivity contribution < 1.29 is 14.6 Å². The van der Waals surface area contributed by atoms with Crippen LogP contribution in [0.3, 0.4) is 0 Å². The zero-order valence-corrected chi connectivity index (χ0v) is 12.4. The first-order chi connectivity index (χ1) is 9.38. The van der Waals surface area contributed by atoms with E-state index in [1.807, 2.05) is 18.2 Å². The normalized spacial score (nSPS) is 19.8. The lowest BCUT2D eigenvalue weighted by Crippen LogP contribution is -2.38. The minimum absolute atomic E-state index is 0.605. The molecule has 1 N–H and O–H groups in total. The van der Waals surface area contributed by atoms with Crippen LogP contribution in [0.15, 0.2) is 24.3 Å². The van der Waals surface area contributed by atoms with Crippen LogP contribution in [0.2, 0.25) is 0 Å². The zero-order chi connectivity index (χ0) is 14.8. The molecule has 1 saturated heterocycles. The molecule has 0 amide bonds. The standard InChI is InChI=1S/C16H23NO3/c1-12-6-5-9-17(11-12)13-7-4-8-14(10-13)20-16(2,3)15(18)19/h4,7-8,10,12H,5-6,9,11H2,1-3H3,(H,18,19). The quantitative estimate of drug-likeness (QED) is 0.918. The molecule has 0 saturated carbocycles. The molecule has 4 nitrogen and oxygen atoms in total. The predicted octanol–water partition coefficient (Wildman–Crippen LogP) is 3.16. The van der Waals surface area contributed by atoms with Crippen LogP contribution < -0.4 is 9.64 Å². The predicted molar refractivity (Wildman–Crippen MR) is 79.4 cm³/mol. The molecule has 1 fully saturated rings. The van der Waals surface area contributed by atoms with Crippen LogP contribution in [-0.4, -0.2) is 29.8 Å². The fourth-order valence-corrected chi connectivity index (χ4v) is 2.51. The van der Waals surface area contributed by atoms with Crippen molar-refractivity contribution in [2.45, 2.75) is 39.2 Å². The number of nitrogens with zero attached hydrogens (tertiary/aromatic N) is 1. The van der Waals surface area contributed by atoms with Crippen molar-refractivity contribution in [3.63, 3.8) is 0 Å². The van der Waals surface area contributed by atoms with Gasteiger partial charge in [-0.1, -0.05) is 13.0 Å². The molecule has 1 heterocycles. The van der Waals surface area contributed by atoms with E-state index in [-0.39, 0.29) is 0 Å². The van der Waals surface area contributed by atoms with E-state index in [0.717, 1.165) is 18.8 Å². The molecular weight excluding hydrogens is 254 g/mol. The van der Waals surface area contributed by atoms with Crippen LogP contribution >= 0.6 is 0 Å². The second kappa shape index (κ2) is 5.73. The van der Waals surface area contributed by atoms with Gasteiger partial charge in [-0.05, 0) is 44.7 Å². The molecule has 2 rings (SSSR count). The SMILES string of the molecule is CC1CCCN(c2cccc(OC(C)(C)C(=O)O)c2)C1. The Morgan fingerprint density at radius 3 is 2.85 bits per heavy atom. The number of hydrogen-bond donors (Lipinski definition) is 1. The van der Waals surface area contributed by atoms with Crippen molar-refractivity contribution >= 4 is 11.7 Å². The van der Waals surface area contributed by atoms with E-state index < -0.39 is 11.6 Å². The van der Waals surface area contributed by atoms with E-state index >= 15 is 0 Å². The van der Waals surface area contributed by atoms with Gasteiger partial charge in [0.2, 0.25) is 0 Å². The molecule has 0 bridgehead atoms. The van der Waals surface area contributed by atoms with Gasteiger partial charge in [0.1, 0.15) is 5.75 Å². The Balaban J connectivity index is 2.13. The van der Waals surface area contributed by atoms with Crippen LogP contribution in [0.4, 0.5) is 5.69 Å². The number of carboxylic acids is 1. The molecule has 4 heteroatoms. The number of hydrogen-bond acceptors (Lipinski definition) is 3. The summed E-state index contributed by atoms with van der Waals surface area (Å²) in [5, 5.41) is 9.12. The average molecular weight is 277 g/mol. The lowest BCUT2D eigenvalue weighted by Gasteiger charge is -2.33. The van der Waals surface area contributed by atoms with Gasteiger partial charge < -0.3 is 14.7 Å². The topological polar surface area (TPSA) is 49.8 Å². The van der Waals surface area contributed by atoms with E-state index in [0.29, 0.717) is 11.7 Å². The Labute approximate surface area is 120 Å². The number of piperidine rings is 1. The highest BCUT2D eigenvalue weighted by molar-refractivity contribution is 5.76. The number of anilines is 1. The Hall–Kier alpha value is -1.71. The molecule has 0 aliphatic carbocycles. The summed E-state index contributed by atoms with van der Waals surface area (Å²) in [7, 11) is 0. The van der Waals surface area contributed by atoms with E-state index in [1.165, 1.54) is 12.8 Å². The largest absolute Gasteiger partial charge is 0.478 e. The summed E-state index contributed by atoms with van der Waals surface area (Å²) in [6.07, 6.45) is 2.48. The molecule has 20 heavy (non-hydrogen) atoms.